The smallest absolute Gasteiger partial charge is 0.410 e. The molecule has 0 spiro atoms. The Morgan fingerprint density at radius 2 is 1.40 bits per heavy atom. The summed E-state index contributed by atoms with van der Waals surface area (Å²) in [5, 5.41) is 25.2. The van der Waals surface area contributed by atoms with Crippen molar-refractivity contribution in [2.45, 2.75) is 225 Å². The van der Waals surface area contributed by atoms with Crippen molar-refractivity contribution in [2.24, 2.45) is 35.3 Å². The number of methoxy groups -OCH3 is 2. The highest BCUT2D eigenvalue weighted by Crippen LogP contribution is 2.39. The lowest BCUT2D eigenvalue weighted by atomic mass is 9.89. The summed E-state index contributed by atoms with van der Waals surface area (Å²) in [5.41, 5.74) is 9.65. The van der Waals surface area contributed by atoms with Crippen LogP contribution >= 0.6 is 11.8 Å². The molecule has 0 aliphatic carbocycles. The van der Waals surface area contributed by atoms with Gasteiger partial charge < -0.3 is 61.4 Å². The zero-order chi connectivity index (χ0) is 70.5. The fraction of sp³-hybridized carbons (Fsp3) is 0.676. The topological polar surface area (TPSA) is 330 Å². The van der Waals surface area contributed by atoms with Gasteiger partial charge in [-0.15, -0.1) is 11.8 Å². The van der Waals surface area contributed by atoms with E-state index in [0.29, 0.717) is 42.6 Å². The first-order valence-corrected chi connectivity index (χ1v) is 34.1. The molecule has 4 rings (SSSR count). The molecule has 2 heterocycles. The minimum absolute atomic E-state index is 0.0174. The Hall–Kier alpha value is -6.87. The predicted octanol–water partition coefficient (Wildman–Crippen LogP) is 6.42. The van der Waals surface area contributed by atoms with E-state index in [2.05, 4.69) is 38.9 Å². The average molecular weight is 1340 g/mol. The van der Waals surface area contributed by atoms with Gasteiger partial charge in [-0.25, -0.2) is 20.0 Å². The zero-order valence-electron chi connectivity index (χ0n) is 58.4. The number of benzene rings is 2. The molecule has 526 valence electrons. The number of nitrogens with zero attached hydrogens (tertiary/aromatic N) is 4. The number of primary amides is 1. The number of likely N-dealkylation sites (tertiary alicyclic amines) is 1. The van der Waals surface area contributed by atoms with Gasteiger partial charge in [0.1, 0.15) is 30.8 Å². The van der Waals surface area contributed by atoms with Crippen molar-refractivity contribution in [1.82, 2.24) is 46.4 Å². The molecule has 2 saturated heterocycles. The summed E-state index contributed by atoms with van der Waals surface area (Å²) in [6.45, 7) is 24.5. The number of nitrogens with one attached hydrogen (secondary N) is 6. The van der Waals surface area contributed by atoms with Crippen LogP contribution in [0.5, 0.6) is 0 Å². The number of rotatable bonds is 37. The Kier molecular flexibility index (Phi) is 31.7. The Labute approximate surface area is 560 Å². The molecule has 2 aliphatic heterocycles. The number of hydrazine groups is 1. The summed E-state index contributed by atoms with van der Waals surface area (Å²) in [6, 6.07) is 8.67. The predicted molar refractivity (Wildman–Crippen MR) is 361 cm³/mol. The molecule has 0 saturated carbocycles. The first-order chi connectivity index (χ1) is 44.3. The van der Waals surface area contributed by atoms with Gasteiger partial charge in [0.25, 0.3) is 5.91 Å². The molecular weight excluding hydrogens is 1230 g/mol. The number of nitrogens with two attached hydrogens (primary N) is 1. The van der Waals surface area contributed by atoms with Crippen LogP contribution < -0.4 is 37.7 Å². The lowest BCUT2D eigenvalue weighted by molar-refractivity contribution is -0.148. The van der Waals surface area contributed by atoms with E-state index in [0.717, 1.165) is 17.9 Å². The molecule has 2 aliphatic rings. The summed E-state index contributed by atoms with van der Waals surface area (Å²) >= 11 is 1.45. The molecule has 2 aromatic carbocycles. The number of carbonyl (C=O) groups excluding carboxylic acids is 10. The number of ether oxygens (including phenoxy) is 3. The first-order valence-electron chi connectivity index (χ1n) is 33.2. The van der Waals surface area contributed by atoms with Crippen molar-refractivity contribution in [3.8, 4) is 0 Å². The lowest BCUT2D eigenvalue weighted by Crippen LogP contribution is -2.60. The molecule has 11 amide bonds. The number of hydrogen-bond acceptors (Lipinski definition) is 16. The average Bonchev–Trinajstić information content (AvgIpc) is 1.49. The highest BCUT2D eigenvalue weighted by Gasteiger charge is 2.46. The highest BCUT2D eigenvalue weighted by atomic mass is 32.2. The third-order valence-electron chi connectivity index (χ3n) is 18.5. The number of likely N-dealkylation sites (N-methyl/N-ethyl adjacent to an activating group) is 2. The highest BCUT2D eigenvalue weighted by molar-refractivity contribution is 8.02. The molecule has 2 fully saturated rings. The molecule has 25 nitrogen and oxygen atoms in total. The Balaban J connectivity index is 1.41. The number of anilines is 1. The minimum Gasteiger partial charge on any atom is -0.445 e. The molecule has 94 heavy (non-hydrogen) atoms. The minimum atomic E-state index is -1.14. The maximum Gasteiger partial charge on any atom is 0.410 e. The fourth-order valence-corrected chi connectivity index (χ4v) is 13.6. The van der Waals surface area contributed by atoms with Crippen LogP contribution in [0.25, 0.3) is 0 Å². The molecule has 0 radical (unpaired) electrons. The van der Waals surface area contributed by atoms with Crippen molar-refractivity contribution in [3.63, 3.8) is 0 Å². The van der Waals surface area contributed by atoms with Crippen molar-refractivity contribution >= 4 is 76.8 Å². The number of imide groups is 1. The number of carbonyl (C=O) groups is 10. The van der Waals surface area contributed by atoms with E-state index in [1.807, 2.05) is 45.9 Å². The summed E-state index contributed by atoms with van der Waals surface area (Å²) in [4.78, 5) is 142. The first kappa shape index (κ1) is 79.6. The maximum absolute atomic E-state index is 14.8. The van der Waals surface area contributed by atoms with E-state index < -0.39 is 137 Å². The van der Waals surface area contributed by atoms with E-state index in [1.165, 1.54) is 37.9 Å². The third-order valence-corrected chi connectivity index (χ3v) is 20.3. The summed E-state index contributed by atoms with van der Waals surface area (Å²) in [6.07, 6.45) is 0.495. The zero-order valence-corrected chi connectivity index (χ0v) is 59.3. The molecule has 0 bridgehead atoms. The molecular formula is C68H109N11O14S. The SMILES string of the molecule is CC[C@H](C)C([C@@H](CC(=O)N1CCCC1[C@H](OC)[C@@H](C)C(=O)NC(C)[C@@H](O)c1ccccc1)OC)N(C)C(=O)[C@@H](NC(=O)C(C(C)C)N(C)C(=O)OCc1ccc(NC(=O)[C@H](CCCNC(N)=O)NC(=O)[C@@H](NN2C(=O)CC(SC(C)(CC)CC)C2=O)C(C)C)cc1)C(C)C. The van der Waals surface area contributed by atoms with Crippen molar-refractivity contribution < 1.29 is 67.3 Å². The van der Waals surface area contributed by atoms with Gasteiger partial charge >= 0.3 is 12.1 Å². The molecule has 2 aromatic rings. The number of thioether (sulfide) groups is 1. The number of hydrogen-bond donors (Lipinski definition) is 8. The monoisotopic (exact) mass is 1340 g/mol. The Morgan fingerprint density at radius 1 is 0.777 bits per heavy atom. The van der Waals surface area contributed by atoms with Gasteiger partial charge in [-0.2, -0.15) is 0 Å². The van der Waals surface area contributed by atoms with E-state index in [4.69, 9.17) is 19.9 Å². The van der Waals surface area contributed by atoms with Crippen molar-refractivity contribution in [2.75, 3.05) is 46.7 Å². The van der Waals surface area contributed by atoms with E-state index >= 15 is 0 Å². The van der Waals surface area contributed by atoms with Crippen LogP contribution in [0.2, 0.25) is 0 Å². The summed E-state index contributed by atoms with van der Waals surface area (Å²) in [5.74, 6) is -5.86. The van der Waals surface area contributed by atoms with Gasteiger partial charge in [-0.3, -0.25) is 43.3 Å². The van der Waals surface area contributed by atoms with E-state index in [-0.39, 0.29) is 61.3 Å². The quantitative estimate of drug-likeness (QED) is 0.0267. The van der Waals surface area contributed by atoms with Crippen LogP contribution in [0.1, 0.15) is 165 Å². The fourth-order valence-electron chi connectivity index (χ4n) is 12.1. The largest absolute Gasteiger partial charge is 0.445 e. The Morgan fingerprint density at radius 3 is 1.96 bits per heavy atom. The standard InChI is InChI=1S/C68H109N11O14S/c1-18-42(10)57(50(91-16)36-52(80)78-35-25-29-49(78)59(92-17)43(11)60(83)71-44(12)58(82)46-26-22-21-23-27-46)76(14)65(88)55(40(6)7)74-63(86)56(41(8)9)77(15)67(90)93-38-45-30-32-47(33-31-45)72-61(84)48(28-24-34-70-66(69)89)73-62(85)54(39(4)5)75-79-53(81)37-51(64(79)87)94-68(13,19-2)20-3/h21-23,26-27,30-33,39-44,48-51,54-59,75,82H,18-20,24-25,28-29,34-38H2,1-17H3,(H,71,83)(H,72,84)(H,73,85)(H,74,86)(H3,69,70,89)/t42-,43+,44?,48-,49?,50+,51?,54-,55-,56?,57?,58+,59+/m0/s1. The maximum atomic E-state index is 14.8. The van der Waals surface area contributed by atoms with Gasteiger partial charge in [0, 0.05) is 58.3 Å². The van der Waals surface area contributed by atoms with Crippen LogP contribution in [0.15, 0.2) is 54.6 Å². The van der Waals surface area contributed by atoms with Gasteiger partial charge in [0.2, 0.25) is 41.4 Å². The van der Waals surface area contributed by atoms with Crippen LogP contribution in [-0.4, -0.2) is 190 Å². The number of amides is 11. The van der Waals surface area contributed by atoms with Gasteiger partial charge in [0.05, 0.1) is 54.0 Å². The molecule has 5 unspecified atom stereocenters. The van der Waals surface area contributed by atoms with Crippen LogP contribution in [0, 0.1) is 29.6 Å². The number of aliphatic hydroxyl groups excluding tert-OH is 1. The second kappa shape index (κ2) is 37.4. The van der Waals surface area contributed by atoms with E-state index in [9.17, 15) is 53.1 Å². The molecule has 13 atom stereocenters. The lowest BCUT2D eigenvalue weighted by Gasteiger charge is -2.41. The van der Waals surface area contributed by atoms with Crippen LogP contribution in [0.3, 0.4) is 0 Å². The number of aliphatic hydroxyl groups is 1. The second-order valence-corrected chi connectivity index (χ2v) is 28.2. The Bertz CT molecular complexity index is 2850. The molecule has 26 heteroatoms. The van der Waals surface area contributed by atoms with Gasteiger partial charge in [0.15, 0.2) is 0 Å². The van der Waals surface area contributed by atoms with Gasteiger partial charge in [-0.05, 0) is 92.4 Å². The third kappa shape index (κ3) is 21.8. The summed E-state index contributed by atoms with van der Waals surface area (Å²) in [7, 11) is 6.09. The van der Waals surface area contributed by atoms with Crippen LogP contribution in [-0.2, 0) is 59.2 Å². The van der Waals surface area contributed by atoms with Gasteiger partial charge in [-0.1, -0.05) is 132 Å². The van der Waals surface area contributed by atoms with E-state index in [1.54, 1.807) is 109 Å². The van der Waals surface area contributed by atoms with Crippen molar-refractivity contribution in [3.05, 3.63) is 65.7 Å². The normalized spacial score (nSPS) is 18.6. The molecule has 0 aromatic heterocycles. The number of urea groups is 1. The molecule has 9 N–H and O–H groups in total. The second-order valence-electron chi connectivity index (χ2n) is 26.4. The summed E-state index contributed by atoms with van der Waals surface area (Å²) < 4.78 is 17.6. The van der Waals surface area contributed by atoms with Crippen molar-refractivity contribution in [1.29, 1.82) is 0 Å². The van der Waals surface area contributed by atoms with Crippen LogP contribution in [0.4, 0.5) is 15.3 Å².